The van der Waals surface area contributed by atoms with E-state index in [1.165, 1.54) is 12.4 Å². The van der Waals surface area contributed by atoms with Crippen molar-refractivity contribution < 1.29 is 9.47 Å². The summed E-state index contributed by atoms with van der Waals surface area (Å²) in [7, 11) is 0. The molecule has 90 valence electrons. The van der Waals surface area contributed by atoms with Gasteiger partial charge in [-0.25, -0.2) is 0 Å². The van der Waals surface area contributed by atoms with E-state index in [-0.39, 0.29) is 0 Å². The number of pyridine rings is 1. The third-order valence-corrected chi connectivity index (χ3v) is 2.76. The first-order valence-electron chi connectivity index (χ1n) is 5.46. The second-order valence-corrected chi connectivity index (χ2v) is 4.10. The van der Waals surface area contributed by atoms with Gasteiger partial charge < -0.3 is 9.94 Å². The first-order chi connectivity index (χ1) is 8.31. The van der Waals surface area contributed by atoms with Crippen LogP contribution in [0.15, 0.2) is 24.5 Å². The van der Waals surface area contributed by atoms with Gasteiger partial charge in [-0.1, -0.05) is 13.3 Å². The Labute approximate surface area is 104 Å². The molecule has 0 aromatic carbocycles. The Hall–Kier alpha value is -1.69. The number of hydrogen-bond acceptors (Lipinski definition) is 5. The van der Waals surface area contributed by atoms with Crippen LogP contribution in [0.2, 0.25) is 0 Å². The molecule has 0 aliphatic rings. The fraction of sp³-hybridized carbons (Fsp3) is 0.364. The van der Waals surface area contributed by atoms with Gasteiger partial charge in [-0.2, -0.15) is 9.10 Å². The summed E-state index contributed by atoms with van der Waals surface area (Å²) >= 11 is 1.09. The summed E-state index contributed by atoms with van der Waals surface area (Å²) in [5, 5.41) is 11.2. The van der Waals surface area contributed by atoms with E-state index in [0.717, 1.165) is 34.9 Å². The van der Waals surface area contributed by atoms with Crippen LogP contribution in [-0.4, -0.2) is 15.4 Å². The molecular weight excluding hydrogens is 238 g/mol. The molecule has 2 aromatic heterocycles. The molecule has 0 fully saturated rings. The van der Waals surface area contributed by atoms with Gasteiger partial charge in [-0.05, 0) is 12.5 Å². The third-order valence-electron chi connectivity index (χ3n) is 2.24. The van der Waals surface area contributed by atoms with Gasteiger partial charge in [0.2, 0.25) is 0 Å². The number of aromatic nitrogens is 3. The molecule has 0 saturated heterocycles. The molecule has 17 heavy (non-hydrogen) atoms. The Bertz CT molecular complexity index is 487. The number of rotatable bonds is 5. The van der Waals surface area contributed by atoms with E-state index in [9.17, 15) is 5.21 Å². The highest BCUT2D eigenvalue weighted by Crippen LogP contribution is 2.26. The normalized spacial score (nSPS) is 10.4. The minimum atomic E-state index is 0.509. The van der Waals surface area contributed by atoms with Crippen LogP contribution >= 0.6 is 11.7 Å². The maximum atomic E-state index is 11.2. The van der Waals surface area contributed by atoms with E-state index in [1.807, 2.05) is 6.07 Å². The van der Waals surface area contributed by atoms with Crippen molar-refractivity contribution in [3.8, 4) is 17.1 Å². The molecule has 2 aromatic rings. The maximum Gasteiger partial charge on any atom is 0.254 e. The van der Waals surface area contributed by atoms with Crippen LogP contribution in [0.4, 0.5) is 0 Å². The average molecular weight is 251 g/mol. The van der Waals surface area contributed by atoms with E-state index in [4.69, 9.17) is 4.74 Å². The highest BCUT2D eigenvalue weighted by Gasteiger charge is 2.13. The smallest absolute Gasteiger partial charge is 0.254 e. The van der Waals surface area contributed by atoms with Crippen molar-refractivity contribution in [3.63, 3.8) is 0 Å². The van der Waals surface area contributed by atoms with E-state index in [1.54, 1.807) is 6.07 Å². The van der Waals surface area contributed by atoms with Gasteiger partial charge in [0.15, 0.2) is 18.1 Å². The fourth-order valence-corrected chi connectivity index (χ4v) is 1.88. The Morgan fingerprint density at radius 3 is 3.12 bits per heavy atom. The lowest BCUT2D eigenvalue weighted by Crippen LogP contribution is -2.24. The maximum absolute atomic E-state index is 11.2. The molecule has 0 saturated carbocycles. The molecule has 0 N–H and O–H groups in total. The summed E-state index contributed by atoms with van der Waals surface area (Å²) in [6.07, 6.45) is 4.94. The second kappa shape index (κ2) is 5.58. The van der Waals surface area contributed by atoms with Gasteiger partial charge in [-0.15, -0.1) is 4.37 Å². The molecule has 0 aliphatic carbocycles. The summed E-state index contributed by atoms with van der Waals surface area (Å²) < 4.78 is 14.5. The summed E-state index contributed by atoms with van der Waals surface area (Å²) in [5.41, 5.74) is 1.36. The molecule has 0 aliphatic heterocycles. The Morgan fingerprint density at radius 1 is 1.47 bits per heavy atom. The summed E-state index contributed by atoms with van der Waals surface area (Å²) in [5.74, 6) is 0.509. The molecule has 0 radical (unpaired) electrons. The van der Waals surface area contributed by atoms with Crippen LogP contribution < -0.4 is 9.47 Å². The second-order valence-electron chi connectivity index (χ2n) is 3.57. The number of ether oxygens (including phenoxy) is 1. The quantitative estimate of drug-likeness (QED) is 0.463. The Balaban J connectivity index is 2.18. The monoisotopic (exact) mass is 251 g/mol. The minimum Gasteiger partial charge on any atom is -0.619 e. The molecular formula is C11H13N3O2S. The zero-order valence-electron chi connectivity index (χ0n) is 9.50. The average Bonchev–Trinajstić information content (AvgIpc) is 2.78. The van der Waals surface area contributed by atoms with Gasteiger partial charge in [0.1, 0.15) is 0 Å². The molecule has 2 heterocycles. The first kappa shape index (κ1) is 11.8. The van der Waals surface area contributed by atoms with Gasteiger partial charge >= 0.3 is 0 Å². The lowest BCUT2D eigenvalue weighted by atomic mass is 10.2. The predicted molar refractivity (Wildman–Crippen MR) is 64.7 cm³/mol. The van der Waals surface area contributed by atoms with Crippen molar-refractivity contribution in [3.05, 3.63) is 29.7 Å². The zero-order valence-corrected chi connectivity index (χ0v) is 10.3. The van der Waals surface area contributed by atoms with Gasteiger partial charge in [0, 0.05) is 6.07 Å². The zero-order chi connectivity index (χ0) is 12.1. The topological polar surface area (TPSA) is 62.0 Å². The van der Waals surface area contributed by atoms with E-state index >= 15 is 0 Å². The van der Waals surface area contributed by atoms with Crippen LogP contribution in [0, 0.1) is 5.21 Å². The summed E-state index contributed by atoms with van der Waals surface area (Å²) in [6.45, 7) is 2.72. The van der Waals surface area contributed by atoms with Crippen LogP contribution in [-0.2, 0) is 0 Å². The number of hydrogen-bond donors (Lipinski definition) is 0. The van der Waals surface area contributed by atoms with Crippen LogP contribution in [0.3, 0.4) is 0 Å². The SMILES string of the molecule is CCCCOc1nsnc1-c1ccc[n+]([O-])c1. The predicted octanol–water partition coefficient (Wildman–Crippen LogP) is 2.02. The molecule has 6 heteroatoms. The largest absolute Gasteiger partial charge is 0.619 e. The van der Waals surface area contributed by atoms with Crippen LogP contribution in [0.1, 0.15) is 19.8 Å². The van der Waals surface area contributed by atoms with E-state index < -0.39 is 0 Å². The van der Waals surface area contributed by atoms with Crippen molar-refractivity contribution >= 4 is 11.7 Å². The minimum absolute atomic E-state index is 0.509. The number of unbranched alkanes of at least 4 members (excludes halogenated alkanes) is 1. The Kier molecular flexibility index (Phi) is 3.87. The molecule has 0 amide bonds. The third kappa shape index (κ3) is 2.91. The van der Waals surface area contributed by atoms with Crippen molar-refractivity contribution in [2.75, 3.05) is 6.61 Å². The molecule has 0 bridgehead atoms. The summed E-state index contributed by atoms with van der Waals surface area (Å²) in [4.78, 5) is 0. The van der Waals surface area contributed by atoms with E-state index in [0.29, 0.717) is 18.2 Å². The molecule has 5 nitrogen and oxygen atoms in total. The van der Waals surface area contributed by atoms with Crippen molar-refractivity contribution in [2.24, 2.45) is 0 Å². The highest BCUT2D eigenvalue weighted by molar-refractivity contribution is 6.99. The highest BCUT2D eigenvalue weighted by atomic mass is 32.1. The summed E-state index contributed by atoms with van der Waals surface area (Å²) in [6, 6.07) is 3.50. The first-order valence-corrected chi connectivity index (χ1v) is 6.19. The molecule has 0 spiro atoms. The van der Waals surface area contributed by atoms with Gasteiger partial charge in [0.05, 0.1) is 23.9 Å². The lowest BCUT2D eigenvalue weighted by molar-refractivity contribution is -0.604. The van der Waals surface area contributed by atoms with Crippen molar-refractivity contribution in [2.45, 2.75) is 19.8 Å². The van der Waals surface area contributed by atoms with Crippen LogP contribution in [0.5, 0.6) is 5.88 Å². The fourth-order valence-electron chi connectivity index (χ4n) is 1.36. The van der Waals surface area contributed by atoms with Gasteiger partial charge in [-0.3, -0.25) is 0 Å². The van der Waals surface area contributed by atoms with Gasteiger partial charge in [0.25, 0.3) is 5.88 Å². The Morgan fingerprint density at radius 2 is 2.35 bits per heavy atom. The number of nitrogens with zero attached hydrogens (tertiary/aromatic N) is 3. The van der Waals surface area contributed by atoms with Crippen LogP contribution in [0.25, 0.3) is 11.3 Å². The standard InChI is InChI=1S/C11H13N3O2S/c1-2-3-7-16-11-10(12-17-13-11)9-5-4-6-14(15)8-9/h4-6,8H,2-3,7H2,1H3. The molecule has 0 atom stereocenters. The van der Waals surface area contributed by atoms with E-state index in [2.05, 4.69) is 15.7 Å². The van der Waals surface area contributed by atoms with Crippen molar-refractivity contribution in [1.29, 1.82) is 0 Å². The van der Waals surface area contributed by atoms with Crippen molar-refractivity contribution in [1.82, 2.24) is 8.75 Å². The molecule has 2 rings (SSSR count). The lowest BCUT2D eigenvalue weighted by Gasteiger charge is -2.03. The molecule has 0 unspecified atom stereocenters.